The van der Waals surface area contributed by atoms with Gasteiger partial charge in [-0.05, 0) is 51.6 Å². The molecule has 140 valence electrons. The zero-order valence-corrected chi connectivity index (χ0v) is 15.8. The minimum Gasteiger partial charge on any atom is -0.356 e. The first-order valence-corrected chi connectivity index (χ1v) is 9.70. The minimum atomic E-state index is 0.275. The molecule has 1 N–H and O–H groups in total. The number of carbonyl (C=O) groups excluding carboxylic acids is 1. The van der Waals surface area contributed by atoms with E-state index in [0.29, 0.717) is 18.3 Å². The minimum absolute atomic E-state index is 0.275. The molecule has 2 heterocycles. The summed E-state index contributed by atoms with van der Waals surface area (Å²) in [4.78, 5) is 14.5. The van der Waals surface area contributed by atoms with Crippen LogP contribution in [0.4, 0.5) is 0 Å². The molecule has 26 heavy (non-hydrogen) atoms. The third kappa shape index (κ3) is 4.52. The smallest absolute Gasteiger partial charge is 0.222 e. The van der Waals surface area contributed by atoms with Crippen molar-refractivity contribution in [2.24, 2.45) is 11.8 Å². The normalized spacial score (nSPS) is 20.1. The predicted molar refractivity (Wildman–Crippen MR) is 103 cm³/mol. The van der Waals surface area contributed by atoms with E-state index in [2.05, 4.69) is 10.5 Å². The second-order valence-electron chi connectivity index (χ2n) is 7.04. The number of rotatable bonds is 7. The van der Waals surface area contributed by atoms with Gasteiger partial charge >= 0.3 is 0 Å². The standard InChI is InChI=1S/C21H29N3O2/c1-3-24(4-2)21(25)13-17-10-11-22-15-18(17)12-19-14-20(26-23-19)16-8-6-5-7-9-16/h5-9,14,17-18,22H,3-4,10-13,15H2,1-2H3/t17-,18-/m0/s1. The summed E-state index contributed by atoms with van der Waals surface area (Å²) in [7, 11) is 0. The molecule has 5 heteroatoms. The van der Waals surface area contributed by atoms with Crippen molar-refractivity contribution in [2.45, 2.75) is 33.1 Å². The maximum atomic E-state index is 12.5. The van der Waals surface area contributed by atoms with Gasteiger partial charge < -0.3 is 14.7 Å². The highest BCUT2D eigenvalue weighted by Gasteiger charge is 2.29. The molecule has 5 nitrogen and oxygen atoms in total. The number of aromatic nitrogens is 1. The average Bonchev–Trinajstić information content (AvgIpc) is 3.14. The Labute approximate surface area is 155 Å². The number of piperidine rings is 1. The van der Waals surface area contributed by atoms with Crippen LogP contribution < -0.4 is 5.32 Å². The Kier molecular flexibility index (Phi) is 6.45. The van der Waals surface area contributed by atoms with Crippen LogP contribution in [0.2, 0.25) is 0 Å². The molecule has 0 aliphatic carbocycles. The lowest BCUT2D eigenvalue weighted by Crippen LogP contribution is -2.41. The molecule has 1 fully saturated rings. The fourth-order valence-electron chi connectivity index (χ4n) is 3.83. The molecule has 0 spiro atoms. The van der Waals surface area contributed by atoms with E-state index in [-0.39, 0.29) is 5.91 Å². The molecular formula is C21H29N3O2. The molecule has 0 unspecified atom stereocenters. The molecule has 1 saturated heterocycles. The van der Waals surface area contributed by atoms with Crippen LogP contribution in [0, 0.1) is 11.8 Å². The molecule has 0 radical (unpaired) electrons. The van der Waals surface area contributed by atoms with Crippen molar-refractivity contribution in [1.82, 2.24) is 15.4 Å². The van der Waals surface area contributed by atoms with E-state index < -0.39 is 0 Å². The average molecular weight is 355 g/mol. The van der Waals surface area contributed by atoms with Gasteiger partial charge in [0.05, 0.1) is 5.69 Å². The van der Waals surface area contributed by atoms with E-state index in [1.165, 1.54) is 0 Å². The summed E-state index contributed by atoms with van der Waals surface area (Å²) in [5, 5.41) is 7.74. The largest absolute Gasteiger partial charge is 0.356 e. The molecule has 2 aromatic rings. The molecule has 1 aromatic carbocycles. The first-order valence-electron chi connectivity index (χ1n) is 9.70. The highest BCUT2D eigenvalue weighted by molar-refractivity contribution is 5.76. The fourth-order valence-corrected chi connectivity index (χ4v) is 3.83. The summed E-state index contributed by atoms with van der Waals surface area (Å²) in [5.41, 5.74) is 2.01. The zero-order chi connectivity index (χ0) is 18.4. The lowest BCUT2D eigenvalue weighted by Gasteiger charge is -2.32. The number of carbonyl (C=O) groups is 1. The first kappa shape index (κ1) is 18.6. The van der Waals surface area contributed by atoms with Gasteiger partial charge in [-0.3, -0.25) is 4.79 Å². The number of amides is 1. The van der Waals surface area contributed by atoms with E-state index in [1.54, 1.807) is 0 Å². The quantitative estimate of drug-likeness (QED) is 0.827. The van der Waals surface area contributed by atoms with Crippen LogP contribution in [0.1, 0.15) is 32.4 Å². The molecule has 3 rings (SSSR count). The van der Waals surface area contributed by atoms with E-state index in [0.717, 1.165) is 56.0 Å². The van der Waals surface area contributed by atoms with E-state index >= 15 is 0 Å². The highest BCUT2D eigenvalue weighted by atomic mass is 16.5. The maximum Gasteiger partial charge on any atom is 0.222 e. The predicted octanol–water partition coefficient (Wildman–Crippen LogP) is 3.37. The van der Waals surface area contributed by atoms with Crippen LogP contribution in [0.25, 0.3) is 11.3 Å². The van der Waals surface area contributed by atoms with Gasteiger partial charge in [-0.2, -0.15) is 0 Å². The van der Waals surface area contributed by atoms with Crippen LogP contribution in [0.15, 0.2) is 40.9 Å². The van der Waals surface area contributed by atoms with E-state index in [1.807, 2.05) is 55.1 Å². The summed E-state index contributed by atoms with van der Waals surface area (Å²) in [6.07, 6.45) is 2.53. The summed E-state index contributed by atoms with van der Waals surface area (Å²) in [6, 6.07) is 12.1. The van der Waals surface area contributed by atoms with Gasteiger partial charge in [-0.15, -0.1) is 0 Å². The Morgan fingerprint density at radius 2 is 2.00 bits per heavy atom. The van der Waals surface area contributed by atoms with Crippen molar-refractivity contribution < 1.29 is 9.32 Å². The van der Waals surface area contributed by atoms with Crippen LogP contribution >= 0.6 is 0 Å². The van der Waals surface area contributed by atoms with Gasteiger partial charge in [-0.25, -0.2) is 0 Å². The van der Waals surface area contributed by atoms with Gasteiger partial charge in [0.15, 0.2) is 5.76 Å². The van der Waals surface area contributed by atoms with Crippen molar-refractivity contribution >= 4 is 5.91 Å². The Balaban J connectivity index is 1.65. The molecule has 1 aliphatic rings. The Hall–Kier alpha value is -2.14. The number of hydrogen-bond acceptors (Lipinski definition) is 4. The van der Waals surface area contributed by atoms with Crippen LogP contribution in [-0.4, -0.2) is 42.1 Å². The number of benzene rings is 1. The Morgan fingerprint density at radius 3 is 2.73 bits per heavy atom. The highest BCUT2D eigenvalue weighted by Crippen LogP contribution is 2.28. The number of nitrogens with zero attached hydrogens (tertiary/aromatic N) is 2. The van der Waals surface area contributed by atoms with E-state index in [9.17, 15) is 4.79 Å². The second-order valence-corrected chi connectivity index (χ2v) is 7.04. The molecule has 0 bridgehead atoms. The zero-order valence-electron chi connectivity index (χ0n) is 15.8. The molecule has 1 aromatic heterocycles. The van der Waals surface area contributed by atoms with Crippen LogP contribution in [0.3, 0.4) is 0 Å². The summed E-state index contributed by atoms with van der Waals surface area (Å²) < 4.78 is 5.54. The molecule has 1 amide bonds. The van der Waals surface area contributed by atoms with Gasteiger partial charge in [0.2, 0.25) is 5.91 Å². The van der Waals surface area contributed by atoms with Crippen molar-refractivity contribution in [3.05, 3.63) is 42.1 Å². The summed E-state index contributed by atoms with van der Waals surface area (Å²) >= 11 is 0. The van der Waals surface area contributed by atoms with Crippen LogP contribution in [0.5, 0.6) is 0 Å². The first-order chi connectivity index (χ1) is 12.7. The monoisotopic (exact) mass is 355 g/mol. The molecule has 2 atom stereocenters. The lowest BCUT2D eigenvalue weighted by atomic mass is 9.81. The molecular weight excluding hydrogens is 326 g/mol. The Bertz CT molecular complexity index is 694. The second kappa shape index (κ2) is 8.99. The van der Waals surface area contributed by atoms with Gasteiger partial charge in [0.1, 0.15) is 0 Å². The van der Waals surface area contributed by atoms with Crippen molar-refractivity contribution in [3.63, 3.8) is 0 Å². The topological polar surface area (TPSA) is 58.4 Å². The van der Waals surface area contributed by atoms with Crippen molar-refractivity contribution in [3.8, 4) is 11.3 Å². The molecule has 0 saturated carbocycles. The van der Waals surface area contributed by atoms with Crippen molar-refractivity contribution in [1.29, 1.82) is 0 Å². The van der Waals surface area contributed by atoms with Crippen LogP contribution in [-0.2, 0) is 11.2 Å². The molecule has 1 aliphatic heterocycles. The fraction of sp³-hybridized carbons (Fsp3) is 0.524. The third-order valence-electron chi connectivity index (χ3n) is 5.41. The van der Waals surface area contributed by atoms with Gasteiger partial charge in [0, 0.05) is 31.1 Å². The van der Waals surface area contributed by atoms with Crippen molar-refractivity contribution in [2.75, 3.05) is 26.2 Å². The van der Waals surface area contributed by atoms with Gasteiger partial charge in [-0.1, -0.05) is 35.5 Å². The van der Waals surface area contributed by atoms with E-state index in [4.69, 9.17) is 4.52 Å². The summed E-state index contributed by atoms with van der Waals surface area (Å²) in [5.74, 6) is 1.90. The lowest BCUT2D eigenvalue weighted by molar-refractivity contribution is -0.132. The Morgan fingerprint density at radius 1 is 1.23 bits per heavy atom. The third-order valence-corrected chi connectivity index (χ3v) is 5.41. The summed E-state index contributed by atoms with van der Waals surface area (Å²) in [6.45, 7) is 7.58. The SMILES string of the molecule is CCN(CC)C(=O)C[C@@H]1CCNC[C@@H]1Cc1cc(-c2ccccc2)on1. The van der Waals surface area contributed by atoms with Gasteiger partial charge in [0.25, 0.3) is 0 Å². The number of nitrogens with one attached hydrogen (secondary N) is 1. The number of hydrogen-bond donors (Lipinski definition) is 1. The maximum absolute atomic E-state index is 12.5.